The minimum Gasteiger partial charge on any atom is -0.492 e. The van der Waals surface area contributed by atoms with Crippen LogP contribution >= 0.6 is 0 Å². The van der Waals surface area contributed by atoms with E-state index in [1.807, 2.05) is 24.3 Å². The second-order valence-corrected chi connectivity index (χ2v) is 6.44. The van der Waals surface area contributed by atoms with Gasteiger partial charge in [0.15, 0.2) is 0 Å². The largest absolute Gasteiger partial charge is 0.492 e. The summed E-state index contributed by atoms with van der Waals surface area (Å²) in [5.74, 6) is 0.501. The van der Waals surface area contributed by atoms with Crippen LogP contribution in [0, 0.1) is 0 Å². The van der Waals surface area contributed by atoms with E-state index in [0.717, 1.165) is 17.9 Å². The molecule has 1 aromatic rings. The van der Waals surface area contributed by atoms with Gasteiger partial charge in [-0.2, -0.15) is 0 Å². The summed E-state index contributed by atoms with van der Waals surface area (Å²) < 4.78 is 10.8. The zero-order chi connectivity index (χ0) is 17.4. The Morgan fingerprint density at radius 1 is 1.33 bits per heavy atom. The number of ether oxygens (including phenoxy) is 2. The number of esters is 1. The van der Waals surface area contributed by atoms with Crippen LogP contribution in [0.15, 0.2) is 24.3 Å². The summed E-state index contributed by atoms with van der Waals surface area (Å²) in [6, 6.07) is 7.83. The molecule has 0 bridgehead atoms. The monoisotopic (exact) mass is 334 g/mol. The van der Waals surface area contributed by atoms with E-state index in [2.05, 4.69) is 11.8 Å². The lowest BCUT2D eigenvalue weighted by molar-refractivity contribution is -0.144. The van der Waals surface area contributed by atoms with Gasteiger partial charge >= 0.3 is 5.97 Å². The molecule has 1 aromatic carbocycles. The van der Waals surface area contributed by atoms with Crippen molar-refractivity contribution in [3.63, 3.8) is 0 Å². The van der Waals surface area contributed by atoms with Crippen LogP contribution in [0.1, 0.15) is 38.7 Å². The highest BCUT2D eigenvalue weighted by Crippen LogP contribution is 2.17. The maximum absolute atomic E-state index is 11.6. The van der Waals surface area contributed by atoms with Crippen LogP contribution in [0.3, 0.4) is 0 Å². The molecule has 5 nitrogen and oxygen atoms in total. The Labute approximate surface area is 145 Å². The summed E-state index contributed by atoms with van der Waals surface area (Å²) in [5.41, 5.74) is 6.84. The van der Waals surface area contributed by atoms with Gasteiger partial charge in [-0.25, -0.2) is 0 Å². The summed E-state index contributed by atoms with van der Waals surface area (Å²) in [6.45, 7) is 7.27. The van der Waals surface area contributed by atoms with Crippen LogP contribution in [0.2, 0.25) is 0 Å². The van der Waals surface area contributed by atoms with Crippen LogP contribution in [0.5, 0.6) is 5.75 Å². The van der Waals surface area contributed by atoms with E-state index in [0.29, 0.717) is 25.7 Å². The number of benzene rings is 1. The van der Waals surface area contributed by atoms with E-state index < -0.39 is 6.04 Å². The fraction of sp³-hybridized carbons (Fsp3) is 0.632. The third-order valence-corrected chi connectivity index (χ3v) is 4.56. The van der Waals surface area contributed by atoms with Gasteiger partial charge in [-0.05, 0) is 57.4 Å². The summed E-state index contributed by atoms with van der Waals surface area (Å²) in [6.07, 6.45) is 4.40. The van der Waals surface area contributed by atoms with Crippen molar-refractivity contribution in [2.75, 3.05) is 26.3 Å². The number of piperidine rings is 1. The number of nitrogens with zero attached hydrogens (tertiary/aromatic N) is 1. The van der Waals surface area contributed by atoms with Crippen molar-refractivity contribution in [3.8, 4) is 5.75 Å². The first kappa shape index (κ1) is 18.7. The van der Waals surface area contributed by atoms with Gasteiger partial charge in [0.05, 0.1) is 6.61 Å². The Morgan fingerprint density at radius 3 is 2.75 bits per heavy atom. The van der Waals surface area contributed by atoms with Crippen molar-refractivity contribution in [2.45, 2.75) is 51.6 Å². The molecule has 1 saturated heterocycles. The van der Waals surface area contributed by atoms with Crippen molar-refractivity contribution in [1.29, 1.82) is 0 Å². The fourth-order valence-corrected chi connectivity index (χ4v) is 3.08. The molecular weight excluding hydrogens is 304 g/mol. The number of carbonyl (C=O) groups is 1. The summed E-state index contributed by atoms with van der Waals surface area (Å²) in [4.78, 5) is 14.1. The van der Waals surface area contributed by atoms with Crippen molar-refractivity contribution >= 4 is 5.97 Å². The molecule has 0 spiro atoms. The van der Waals surface area contributed by atoms with Gasteiger partial charge < -0.3 is 15.2 Å². The summed E-state index contributed by atoms with van der Waals surface area (Å²) in [5, 5.41) is 0. The normalized spacial score (nSPS) is 19.7. The van der Waals surface area contributed by atoms with E-state index in [1.54, 1.807) is 6.92 Å². The molecular formula is C19H30N2O3. The number of hydrogen-bond donors (Lipinski definition) is 1. The molecule has 0 aliphatic carbocycles. The smallest absolute Gasteiger partial charge is 0.323 e. The number of nitrogens with two attached hydrogens (primary N) is 1. The van der Waals surface area contributed by atoms with E-state index in [9.17, 15) is 4.79 Å². The Kier molecular flexibility index (Phi) is 7.53. The Morgan fingerprint density at radius 2 is 2.08 bits per heavy atom. The maximum Gasteiger partial charge on any atom is 0.323 e. The Bertz CT molecular complexity index is 504. The standard InChI is InChI=1S/C19H30N2O3/c1-3-23-19(22)18(20)14-16-7-9-17(10-8-16)24-13-12-21-11-5-4-6-15(21)2/h7-10,15,18H,3-6,11-14,20H2,1-2H3. The molecule has 2 unspecified atom stereocenters. The lowest BCUT2D eigenvalue weighted by Gasteiger charge is -2.33. The van der Waals surface area contributed by atoms with Gasteiger partial charge in [0, 0.05) is 12.6 Å². The fourth-order valence-electron chi connectivity index (χ4n) is 3.08. The van der Waals surface area contributed by atoms with E-state index in [1.165, 1.54) is 25.8 Å². The van der Waals surface area contributed by atoms with Gasteiger partial charge in [-0.15, -0.1) is 0 Å². The van der Waals surface area contributed by atoms with Crippen LogP contribution in [-0.4, -0.2) is 49.3 Å². The van der Waals surface area contributed by atoms with Crippen molar-refractivity contribution in [2.24, 2.45) is 5.73 Å². The van der Waals surface area contributed by atoms with Crippen molar-refractivity contribution < 1.29 is 14.3 Å². The molecule has 2 atom stereocenters. The first-order chi connectivity index (χ1) is 11.6. The van der Waals surface area contributed by atoms with Crippen LogP contribution in [0.25, 0.3) is 0 Å². The predicted octanol–water partition coefficient (Wildman–Crippen LogP) is 2.37. The van der Waals surface area contributed by atoms with Gasteiger partial charge in [0.1, 0.15) is 18.4 Å². The Hall–Kier alpha value is -1.59. The van der Waals surface area contributed by atoms with Crippen LogP contribution in [0.4, 0.5) is 0 Å². The minimum absolute atomic E-state index is 0.353. The highest BCUT2D eigenvalue weighted by molar-refractivity contribution is 5.75. The molecule has 134 valence electrons. The van der Waals surface area contributed by atoms with Crippen molar-refractivity contribution in [1.82, 2.24) is 4.90 Å². The average molecular weight is 334 g/mol. The molecule has 0 aromatic heterocycles. The quantitative estimate of drug-likeness (QED) is 0.740. The zero-order valence-corrected chi connectivity index (χ0v) is 14.9. The predicted molar refractivity (Wildman–Crippen MR) is 95.1 cm³/mol. The highest BCUT2D eigenvalue weighted by Gasteiger charge is 2.17. The molecule has 0 radical (unpaired) electrons. The van der Waals surface area contributed by atoms with Crippen LogP contribution < -0.4 is 10.5 Å². The van der Waals surface area contributed by atoms with Gasteiger partial charge in [0.2, 0.25) is 0 Å². The first-order valence-corrected chi connectivity index (χ1v) is 8.98. The third kappa shape index (κ3) is 5.80. The molecule has 1 aliphatic heterocycles. The Balaban J connectivity index is 1.74. The minimum atomic E-state index is -0.614. The van der Waals surface area contributed by atoms with Gasteiger partial charge in [0.25, 0.3) is 0 Å². The molecule has 2 rings (SSSR count). The molecule has 1 heterocycles. The lowest BCUT2D eigenvalue weighted by atomic mass is 10.0. The van der Waals surface area contributed by atoms with Gasteiger partial charge in [-0.1, -0.05) is 18.6 Å². The topological polar surface area (TPSA) is 64.8 Å². The maximum atomic E-state index is 11.6. The third-order valence-electron chi connectivity index (χ3n) is 4.56. The number of hydrogen-bond acceptors (Lipinski definition) is 5. The molecule has 0 amide bonds. The van der Waals surface area contributed by atoms with Crippen LogP contribution in [-0.2, 0) is 16.0 Å². The first-order valence-electron chi connectivity index (χ1n) is 8.98. The average Bonchev–Trinajstić information content (AvgIpc) is 2.58. The number of rotatable bonds is 8. The van der Waals surface area contributed by atoms with E-state index in [-0.39, 0.29) is 5.97 Å². The SMILES string of the molecule is CCOC(=O)C(N)Cc1ccc(OCCN2CCCCC2C)cc1. The molecule has 5 heteroatoms. The molecule has 24 heavy (non-hydrogen) atoms. The molecule has 2 N–H and O–H groups in total. The molecule has 1 fully saturated rings. The highest BCUT2D eigenvalue weighted by atomic mass is 16.5. The van der Waals surface area contributed by atoms with Gasteiger partial charge in [-0.3, -0.25) is 9.69 Å². The second-order valence-electron chi connectivity index (χ2n) is 6.44. The number of likely N-dealkylation sites (tertiary alicyclic amines) is 1. The number of carbonyl (C=O) groups excluding carboxylic acids is 1. The summed E-state index contributed by atoms with van der Waals surface area (Å²) in [7, 11) is 0. The molecule has 1 aliphatic rings. The lowest BCUT2D eigenvalue weighted by Crippen LogP contribution is -2.39. The summed E-state index contributed by atoms with van der Waals surface area (Å²) >= 11 is 0. The van der Waals surface area contributed by atoms with E-state index >= 15 is 0 Å². The molecule has 0 saturated carbocycles. The zero-order valence-electron chi connectivity index (χ0n) is 14.9. The van der Waals surface area contributed by atoms with E-state index in [4.69, 9.17) is 15.2 Å². The second kappa shape index (κ2) is 9.64. The van der Waals surface area contributed by atoms with Crippen molar-refractivity contribution in [3.05, 3.63) is 29.8 Å².